The molecule has 2 saturated heterocycles. The van der Waals surface area contributed by atoms with Gasteiger partial charge in [-0.1, -0.05) is 37.3 Å². The standard InChI is InChI=1S/C20H30N2O3/c1-16(17-5-3-2-4-6-17)13-20(23)21-14-19(18-7-10-25-15-18)22-8-11-24-12-9-22/h2-6,16,18-19H,7-15H2,1H3,(H,21,23). The van der Waals surface area contributed by atoms with Crippen molar-refractivity contribution < 1.29 is 14.3 Å². The molecule has 5 nitrogen and oxygen atoms in total. The number of morpholine rings is 1. The Kier molecular flexibility index (Phi) is 6.84. The van der Waals surface area contributed by atoms with Crippen molar-refractivity contribution in [2.75, 3.05) is 46.1 Å². The zero-order valence-corrected chi connectivity index (χ0v) is 15.2. The molecule has 0 bridgehead atoms. The van der Waals surface area contributed by atoms with Crippen molar-refractivity contribution in [2.24, 2.45) is 5.92 Å². The number of carbonyl (C=O) groups excluding carboxylic acids is 1. The van der Waals surface area contributed by atoms with Crippen LogP contribution in [-0.2, 0) is 14.3 Å². The number of rotatable bonds is 7. The van der Waals surface area contributed by atoms with Crippen LogP contribution in [0.2, 0.25) is 0 Å². The van der Waals surface area contributed by atoms with Gasteiger partial charge in [0, 0.05) is 44.6 Å². The summed E-state index contributed by atoms with van der Waals surface area (Å²) in [6.07, 6.45) is 1.61. The molecule has 0 radical (unpaired) electrons. The lowest BCUT2D eigenvalue weighted by Gasteiger charge is -2.37. The van der Waals surface area contributed by atoms with Crippen LogP contribution in [0.3, 0.4) is 0 Å². The molecular formula is C20H30N2O3. The zero-order chi connectivity index (χ0) is 17.5. The number of nitrogens with one attached hydrogen (secondary N) is 1. The quantitative estimate of drug-likeness (QED) is 0.821. The summed E-state index contributed by atoms with van der Waals surface area (Å²) in [7, 11) is 0. The Morgan fingerprint density at radius 3 is 2.64 bits per heavy atom. The Balaban J connectivity index is 1.52. The van der Waals surface area contributed by atoms with E-state index in [-0.39, 0.29) is 11.8 Å². The maximum absolute atomic E-state index is 12.4. The van der Waals surface area contributed by atoms with Crippen molar-refractivity contribution in [1.82, 2.24) is 10.2 Å². The normalized spacial score (nSPS) is 24.0. The minimum absolute atomic E-state index is 0.133. The number of hydrogen-bond donors (Lipinski definition) is 1. The van der Waals surface area contributed by atoms with E-state index in [0.29, 0.717) is 24.9 Å². The van der Waals surface area contributed by atoms with Gasteiger partial charge in [-0.2, -0.15) is 0 Å². The van der Waals surface area contributed by atoms with Gasteiger partial charge in [-0.3, -0.25) is 9.69 Å². The molecule has 1 aromatic rings. The van der Waals surface area contributed by atoms with Gasteiger partial charge in [-0.25, -0.2) is 0 Å². The molecular weight excluding hydrogens is 316 g/mol. The summed E-state index contributed by atoms with van der Waals surface area (Å²) in [6, 6.07) is 10.6. The summed E-state index contributed by atoms with van der Waals surface area (Å²) in [4.78, 5) is 14.9. The van der Waals surface area contributed by atoms with Crippen LogP contribution in [0.5, 0.6) is 0 Å². The average molecular weight is 346 g/mol. The first-order chi connectivity index (χ1) is 12.2. The largest absolute Gasteiger partial charge is 0.381 e. The minimum atomic E-state index is 0.133. The molecule has 0 aliphatic carbocycles. The van der Waals surface area contributed by atoms with Crippen molar-refractivity contribution in [2.45, 2.75) is 31.7 Å². The van der Waals surface area contributed by atoms with Gasteiger partial charge in [-0.15, -0.1) is 0 Å². The SMILES string of the molecule is CC(CC(=O)NCC(C1CCOC1)N1CCOCC1)c1ccccc1. The number of nitrogens with zero attached hydrogens (tertiary/aromatic N) is 1. The van der Waals surface area contributed by atoms with Crippen molar-refractivity contribution in [3.05, 3.63) is 35.9 Å². The summed E-state index contributed by atoms with van der Waals surface area (Å²) in [6.45, 7) is 7.90. The topological polar surface area (TPSA) is 50.8 Å². The Labute approximate surface area is 150 Å². The minimum Gasteiger partial charge on any atom is -0.381 e. The summed E-state index contributed by atoms with van der Waals surface area (Å²) in [5.74, 6) is 0.872. The first-order valence-electron chi connectivity index (χ1n) is 9.45. The molecule has 2 heterocycles. The lowest BCUT2D eigenvalue weighted by molar-refractivity contribution is -0.121. The van der Waals surface area contributed by atoms with Crippen LogP contribution < -0.4 is 5.32 Å². The van der Waals surface area contributed by atoms with Gasteiger partial charge in [0.2, 0.25) is 5.91 Å². The smallest absolute Gasteiger partial charge is 0.220 e. The van der Waals surface area contributed by atoms with E-state index >= 15 is 0 Å². The molecule has 1 amide bonds. The maximum Gasteiger partial charge on any atom is 0.220 e. The Morgan fingerprint density at radius 2 is 1.96 bits per heavy atom. The fraction of sp³-hybridized carbons (Fsp3) is 0.650. The van der Waals surface area contributed by atoms with Crippen LogP contribution in [0.15, 0.2) is 30.3 Å². The van der Waals surface area contributed by atoms with Gasteiger partial charge in [0.05, 0.1) is 19.8 Å². The van der Waals surface area contributed by atoms with Gasteiger partial charge in [0.15, 0.2) is 0 Å². The average Bonchev–Trinajstić information content (AvgIpc) is 3.18. The van der Waals surface area contributed by atoms with E-state index in [9.17, 15) is 4.79 Å². The van der Waals surface area contributed by atoms with Crippen LogP contribution in [-0.4, -0.2) is 62.9 Å². The summed E-state index contributed by atoms with van der Waals surface area (Å²) >= 11 is 0. The first kappa shape index (κ1) is 18.4. The molecule has 2 aliphatic heterocycles. The molecule has 25 heavy (non-hydrogen) atoms. The maximum atomic E-state index is 12.4. The molecule has 2 aliphatic rings. The monoisotopic (exact) mass is 346 g/mol. The van der Waals surface area contributed by atoms with E-state index in [4.69, 9.17) is 9.47 Å². The third-order valence-electron chi connectivity index (χ3n) is 5.39. The fourth-order valence-electron chi connectivity index (χ4n) is 3.83. The predicted molar refractivity (Wildman–Crippen MR) is 97.6 cm³/mol. The second kappa shape index (κ2) is 9.32. The zero-order valence-electron chi connectivity index (χ0n) is 15.2. The highest BCUT2D eigenvalue weighted by molar-refractivity contribution is 5.76. The van der Waals surface area contributed by atoms with Gasteiger partial charge in [0.1, 0.15) is 0 Å². The summed E-state index contributed by atoms with van der Waals surface area (Å²) in [5, 5.41) is 3.18. The van der Waals surface area contributed by atoms with Gasteiger partial charge < -0.3 is 14.8 Å². The van der Waals surface area contributed by atoms with Crippen molar-refractivity contribution in [3.8, 4) is 0 Å². The summed E-state index contributed by atoms with van der Waals surface area (Å²) < 4.78 is 11.1. The highest BCUT2D eigenvalue weighted by Gasteiger charge is 2.31. The molecule has 2 fully saturated rings. The van der Waals surface area contributed by atoms with Crippen molar-refractivity contribution >= 4 is 5.91 Å². The van der Waals surface area contributed by atoms with Crippen molar-refractivity contribution in [1.29, 1.82) is 0 Å². The number of ether oxygens (including phenoxy) is 2. The van der Waals surface area contributed by atoms with Gasteiger partial charge in [-0.05, 0) is 17.9 Å². The van der Waals surface area contributed by atoms with Crippen LogP contribution in [0.25, 0.3) is 0 Å². The van der Waals surface area contributed by atoms with Crippen LogP contribution in [0, 0.1) is 5.92 Å². The van der Waals surface area contributed by atoms with E-state index in [1.165, 1.54) is 5.56 Å². The molecule has 0 aromatic heterocycles. The predicted octanol–water partition coefficient (Wildman–Crippen LogP) is 2.03. The van der Waals surface area contributed by atoms with E-state index < -0.39 is 0 Å². The molecule has 138 valence electrons. The van der Waals surface area contributed by atoms with Crippen LogP contribution >= 0.6 is 0 Å². The van der Waals surface area contributed by atoms with Gasteiger partial charge >= 0.3 is 0 Å². The van der Waals surface area contributed by atoms with Gasteiger partial charge in [0.25, 0.3) is 0 Å². The van der Waals surface area contributed by atoms with Crippen molar-refractivity contribution in [3.63, 3.8) is 0 Å². The highest BCUT2D eigenvalue weighted by Crippen LogP contribution is 2.22. The number of amides is 1. The van der Waals surface area contributed by atoms with E-state index in [1.807, 2.05) is 18.2 Å². The molecule has 1 N–H and O–H groups in total. The first-order valence-corrected chi connectivity index (χ1v) is 9.45. The lowest BCUT2D eigenvalue weighted by atomic mass is 9.95. The Bertz CT molecular complexity index is 525. The summed E-state index contributed by atoms with van der Waals surface area (Å²) in [5.41, 5.74) is 1.21. The number of hydrogen-bond acceptors (Lipinski definition) is 4. The van der Waals surface area contributed by atoms with E-state index in [0.717, 1.165) is 45.9 Å². The van der Waals surface area contributed by atoms with E-state index in [1.54, 1.807) is 0 Å². The molecule has 3 unspecified atom stereocenters. The number of carbonyl (C=O) groups is 1. The third-order valence-corrected chi connectivity index (χ3v) is 5.39. The van der Waals surface area contributed by atoms with Crippen LogP contribution in [0.4, 0.5) is 0 Å². The van der Waals surface area contributed by atoms with E-state index in [2.05, 4.69) is 29.3 Å². The highest BCUT2D eigenvalue weighted by atomic mass is 16.5. The molecule has 5 heteroatoms. The molecule has 1 aromatic carbocycles. The number of benzene rings is 1. The Morgan fingerprint density at radius 1 is 1.20 bits per heavy atom. The third kappa shape index (κ3) is 5.27. The lowest BCUT2D eigenvalue weighted by Crippen LogP contribution is -2.52. The molecule has 3 atom stereocenters. The molecule has 0 saturated carbocycles. The molecule has 3 rings (SSSR count). The fourth-order valence-corrected chi connectivity index (χ4v) is 3.83. The van der Waals surface area contributed by atoms with Crippen LogP contribution in [0.1, 0.15) is 31.2 Å². The second-order valence-electron chi connectivity index (χ2n) is 7.16. The Hall–Kier alpha value is -1.43. The second-order valence-corrected chi connectivity index (χ2v) is 7.16. The molecule has 0 spiro atoms.